The van der Waals surface area contributed by atoms with Crippen molar-refractivity contribution in [3.63, 3.8) is 0 Å². The molecule has 3 atom stereocenters. The third-order valence-corrected chi connectivity index (χ3v) is 9.45. The van der Waals surface area contributed by atoms with E-state index < -0.39 is 31.8 Å². The molecule has 4 aromatic heterocycles. The number of likely N-dealkylation sites (tertiary alicyclic amines) is 2. The lowest BCUT2D eigenvalue weighted by molar-refractivity contribution is -0.383. The van der Waals surface area contributed by atoms with Gasteiger partial charge in [0.2, 0.25) is 11.3 Å². The SMILES string of the molecule is CC(C)(C)OC(=O)N1CC[C@H](Cc2cc(N)n3ncc([N+](=O)[O-])c3n2)C1.CS(=O)c1cc(C[C@H]2CCN(C(=O)OC(C)(C)C)C2)nc2c([N+](=O)[O-])cnn12. The van der Waals surface area contributed by atoms with Gasteiger partial charge in [0.1, 0.15) is 34.4 Å². The normalized spacial score (nSPS) is 18.1. The quantitative estimate of drug-likeness (QED) is 0.157. The second-order valence-corrected chi connectivity index (χ2v) is 16.7. The molecular weight excluding hydrogens is 726 g/mol. The third kappa shape index (κ3) is 9.54. The van der Waals surface area contributed by atoms with Gasteiger partial charge in [-0.15, -0.1) is 0 Å². The fourth-order valence-electron chi connectivity index (χ4n) is 6.24. The number of amides is 2. The first kappa shape index (κ1) is 39.7. The maximum absolute atomic E-state index is 12.2. The standard InChI is InChI=1S/C17H23N5O5S.C16H22N6O4/c1-17(2,3)27-16(23)20-6-5-11(10-20)7-12-8-14(28(4)26)21-15(19-12)13(9-18-21)22(24)25;1-16(2,3)26-15(23)20-5-4-10(9-20)6-11-7-13(17)21-14(19-11)12(8-18-21)22(24)25/h8-9,11H,5-7,10H2,1-4H3;7-8,10H,4-6,9,17H2,1-3H3/t11-,28?;10-/m11/s1. The zero-order valence-corrected chi connectivity index (χ0v) is 32.1. The second kappa shape index (κ2) is 15.5. The van der Waals surface area contributed by atoms with Gasteiger partial charge in [0, 0.05) is 49.9 Å². The highest BCUT2D eigenvalue weighted by molar-refractivity contribution is 7.84. The van der Waals surface area contributed by atoms with Gasteiger partial charge in [-0.2, -0.15) is 19.2 Å². The van der Waals surface area contributed by atoms with Crippen LogP contribution < -0.4 is 5.73 Å². The van der Waals surface area contributed by atoms with E-state index in [1.165, 1.54) is 15.3 Å². The predicted octanol–water partition coefficient (Wildman–Crippen LogP) is 4.19. The van der Waals surface area contributed by atoms with Gasteiger partial charge in [-0.05, 0) is 85.1 Å². The van der Waals surface area contributed by atoms with Crippen LogP contribution in [0.5, 0.6) is 0 Å². The molecule has 21 heteroatoms. The van der Waals surface area contributed by atoms with Gasteiger partial charge in [-0.3, -0.25) is 24.4 Å². The number of aromatic nitrogens is 6. The lowest BCUT2D eigenvalue weighted by Gasteiger charge is -2.24. The Morgan fingerprint density at radius 3 is 1.67 bits per heavy atom. The molecule has 0 aromatic carbocycles. The Bertz CT molecular complexity index is 2100. The van der Waals surface area contributed by atoms with Crippen molar-refractivity contribution in [1.29, 1.82) is 0 Å². The van der Waals surface area contributed by atoms with Crippen molar-refractivity contribution in [3.05, 3.63) is 56.1 Å². The smallest absolute Gasteiger partial charge is 0.410 e. The van der Waals surface area contributed by atoms with E-state index in [2.05, 4.69) is 20.2 Å². The maximum Gasteiger partial charge on any atom is 0.410 e. The molecule has 6 rings (SSSR count). The number of hydrogen-bond acceptors (Lipinski definition) is 14. The van der Waals surface area contributed by atoms with Crippen molar-refractivity contribution < 1.29 is 33.1 Å². The highest BCUT2D eigenvalue weighted by Crippen LogP contribution is 2.27. The molecule has 20 nitrogen and oxygen atoms in total. The molecule has 6 heterocycles. The van der Waals surface area contributed by atoms with Crippen molar-refractivity contribution in [2.24, 2.45) is 11.8 Å². The van der Waals surface area contributed by atoms with Crippen LogP contribution in [-0.2, 0) is 33.1 Å². The molecule has 54 heavy (non-hydrogen) atoms. The molecular formula is C33H45N11O9S. The van der Waals surface area contributed by atoms with E-state index in [1.54, 1.807) is 21.9 Å². The second-order valence-electron chi connectivity index (χ2n) is 15.3. The van der Waals surface area contributed by atoms with E-state index in [1.807, 2.05) is 41.5 Å². The van der Waals surface area contributed by atoms with Crippen molar-refractivity contribution in [1.82, 2.24) is 39.0 Å². The minimum absolute atomic E-state index is 0.0784. The zero-order valence-electron chi connectivity index (χ0n) is 31.3. The first-order chi connectivity index (χ1) is 25.2. The van der Waals surface area contributed by atoms with Gasteiger partial charge in [-0.25, -0.2) is 19.6 Å². The summed E-state index contributed by atoms with van der Waals surface area (Å²) in [6, 6.07) is 3.33. The average Bonchev–Trinajstić information content (AvgIpc) is 3.85. The van der Waals surface area contributed by atoms with Crippen LogP contribution in [0.1, 0.15) is 65.8 Å². The number of nitrogen functional groups attached to an aromatic ring is 1. The van der Waals surface area contributed by atoms with Crippen LogP contribution in [0.25, 0.3) is 11.3 Å². The van der Waals surface area contributed by atoms with Gasteiger partial charge >= 0.3 is 23.6 Å². The molecule has 0 radical (unpaired) electrons. The molecule has 1 unspecified atom stereocenters. The number of ether oxygens (including phenoxy) is 2. The minimum Gasteiger partial charge on any atom is -0.444 e. The van der Waals surface area contributed by atoms with Crippen LogP contribution in [-0.4, -0.2) is 109 Å². The molecule has 0 aliphatic carbocycles. The third-order valence-electron chi connectivity index (χ3n) is 8.57. The van der Waals surface area contributed by atoms with Gasteiger partial charge in [0.25, 0.3) is 0 Å². The van der Waals surface area contributed by atoms with Crippen LogP contribution in [0.15, 0.2) is 29.6 Å². The number of rotatable bonds is 7. The largest absolute Gasteiger partial charge is 0.444 e. The first-order valence-corrected chi connectivity index (χ1v) is 18.8. The molecule has 4 aromatic rings. The summed E-state index contributed by atoms with van der Waals surface area (Å²) in [7, 11) is -1.39. The van der Waals surface area contributed by atoms with Crippen LogP contribution >= 0.6 is 0 Å². The highest BCUT2D eigenvalue weighted by atomic mass is 32.2. The Morgan fingerprint density at radius 2 is 1.24 bits per heavy atom. The van der Waals surface area contributed by atoms with E-state index in [9.17, 15) is 34.0 Å². The molecule has 2 amide bonds. The van der Waals surface area contributed by atoms with Gasteiger partial charge < -0.3 is 25.0 Å². The van der Waals surface area contributed by atoms with Crippen LogP contribution in [0, 0.1) is 32.1 Å². The molecule has 2 aliphatic rings. The number of nitrogens with two attached hydrogens (primary N) is 1. The Morgan fingerprint density at radius 1 is 0.815 bits per heavy atom. The van der Waals surface area contributed by atoms with E-state index in [0.29, 0.717) is 61.3 Å². The number of nitrogens with zero attached hydrogens (tertiary/aromatic N) is 10. The molecule has 2 saturated heterocycles. The highest BCUT2D eigenvalue weighted by Gasteiger charge is 2.32. The fourth-order valence-corrected chi connectivity index (χ4v) is 6.92. The molecule has 0 saturated carbocycles. The molecule has 0 bridgehead atoms. The number of anilines is 1. The number of carbonyl (C=O) groups excluding carboxylic acids is 2. The number of nitro groups is 2. The Hall–Kier alpha value is -5.47. The fraction of sp³-hybridized carbons (Fsp3) is 0.576. The molecule has 2 N–H and O–H groups in total. The predicted molar refractivity (Wildman–Crippen MR) is 195 cm³/mol. The lowest BCUT2D eigenvalue weighted by atomic mass is 10.0. The minimum atomic E-state index is -1.39. The van der Waals surface area contributed by atoms with E-state index in [-0.39, 0.29) is 46.7 Å². The number of hydrogen-bond donors (Lipinski definition) is 1. The van der Waals surface area contributed by atoms with Crippen LogP contribution in [0.4, 0.5) is 26.8 Å². The van der Waals surface area contributed by atoms with E-state index in [4.69, 9.17) is 15.2 Å². The first-order valence-electron chi connectivity index (χ1n) is 17.3. The molecule has 2 fully saturated rings. The summed E-state index contributed by atoms with van der Waals surface area (Å²) in [6.45, 7) is 13.2. The Kier molecular flexibility index (Phi) is 11.4. The summed E-state index contributed by atoms with van der Waals surface area (Å²) in [5.74, 6) is 0.626. The van der Waals surface area contributed by atoms with Crippen molar-refractivity contribution in [3.8, 4) is 0 Å². The Balaban J connectivity index is 0.000000208. The average molecular weight is 772 g/mol. The number of fused-ring (bicyclic) bond motifs is 2. The topological polar surface area (TPSA) is 249 Å². The summed E-state index contributed by atoms with van der Waals surface area (Å²) in [5.41, 5.74) is 5.91. The summed E-state index contributed by atoms with van der Waals surface area (Å²) >= 11 is 0. The van der Waals surface area contributed by atoms with Crippen molar-refractivity contribution in [2.75, 3.05) is 38.2 Å². The zero-order chi connectivity index (χ0) is 39.7. The number of carbonyl (C=O) groups is 2. The summed E-state index contributed by atoms with van der Waals surface area (Å²) in [6.07, 6.45) is 5.75. The van der Waals surface area contributed by atoms with E-state index in [0.717, 1.165) is 25.2 Å². The van der Waals surface area contributed by atoms with Gasteiger partial charge in [-0.1, -0.05) is 0 Å². The summed E-state index contributed by atoms with van der Waals surface area (Å²) in [5, 5.41) is 30.5. The maximum atomic E-state index is 12.2. The summed E-state index contributed by atoms with van der Waals surface area (Å²) in [4.78, 5) is 57.7. The monoisotopic (exact) mass is 771 g/mol. The van der Waals surface area contributed by atoms with Crippen molar-refractivity contribution in [2.45, 2.75) is 83.5 Å². The van der Waals surface area contributed by atoms with Crippen LogP contribution in [0.2, 0.25) is 0 Å². The van der Waals surface area contributed by atoms with Gasteiger partial charge in [0.05, 0.1) is 20.6 Å². The molecule has 292 valence electrons. The Labute approximate surface area is 312 Å². The van der Waals surface area contributed by atoms with Crippen LogP contribution in [0.3, 0.4) is 0 Å². The molecule has 2 aliphatic heterocycles. The van der Waals surface area contributed by atoms with Gasteiger partial charge in [0.15, 0.2) is 0 Å². The van der Waals surface area contributed by atoms with Crippen molar-refractivity contribution >= 4 is 51.5 Å². The summed E-state index contributed by atoms with van der Waals surface area (Å²) < 4.78 is 25.4. The lowest BCUT2D eigenvalue weighted by Crippen LogP contribution is -2.35. The molecule has 0 spiro atoms. The van der Waals surface area contributed by atoms with E-state index >= 15 is 0 Å².